The highest BCUT2D eigenvalue weighted by Gasteiger charge is 2.34. The summed E-state index contributed by atoms with van der Waals surface area (Å²) in [6.07, 6.45) is 1.36. The SMILES string of the molecule is CCN1C(=O)SC(=Cc2cc(OC)c(O)c([N+](=O)[O-])c2)C1=O. The van der Waals surface area contributed by atoms with E-state index in [4.69, 9.17) is 4.74 Å². The van der Waals surface area contributed by atoms with Crippen LogP contribution in [0, 0.1) is 10.1 Å². The highest BCUT2D eigenvalue weighted by molar-refractivity contribution is 8.18. The first kappa shape index (κ1) is 15.8. The Kier molecular flexibility index (Phi) is 4.36. The van der Waals surface area contributed by atoms with Crippen LogP contribution in [-0.2, 0) is 4.79 Å². The summed E-state index contributed by atoms with van der Waals surface area (Å²) < 4.78 is 4.88. The highest BCUT2D eigenvalue weighted by Crippen LogP contribution is 2.39. The van der Waals surface area contributed by atoms with Gasteiger partial charge < -0.3 is 9.84 Å². The van der Waals surface area contributed by atoms with E-state index in [9.17, 15) is 24.8 Å². The number of nitro groups is 1. The predicted molar refractivity (Wildman–Crippen MR) is 79.7 cm³/mol. The minimum absolute atomic E-state index is 0.0878. The fraction of sp³-hybridized carbons (Fsp3) is 0.231. The first-order chi connectivity index (χ1) is 10.4. The molecule has 2 rings (SSSR count). The van der Waals surface area contributed by atoms with Gasteiger partial charge in [-0.05, 0) is 36.4 Å². The molecular formula is C13H12N2O6S. The number of methoxy groups -OCH3 is 1. The standard InChI is InChI=1S/C13H12N2O6S/c1-3-14-12(17)10(22-13(14)18)6-7-4-8(15(19)20)11(16)9(5-7)21-2/h4-6,16H,3H2,1-2H3. The molecule has 1 aromatic rings. The molecule has 0 bridgehead atoms. The molecule has 1 heterocycles. The number of hydrogen-bond acceptors (Lipinski definition) is 7. The largest absolute Gasteiger partial charge is 0.500 e. The van der Waals surface area contributed by atoms with Crippen LogP contribution in [0.1, 0.15) is 12.5 Å². The van der Waals surface area contributed by atoms with Gasteiger partial charge in [0, 0.05) is 12.6 Å². The van der Waals surface area contributed by atoms with Crippen LogP contribution >= 0.6 is 11.8 Å². The Morgan fingerprint density at radius 1 is 1.45 bits per heavy atom. The van der Waals surface area contributed by atoms with Crippen molar-refractivity contribution < 1.29 is 24.4 Å². The van der Waals surface area contributed by atoms with E-state index in [0.29, 0.717) is 0 Å². The van der Waals surface area contributed by atoms with Crippen molar-refractivity contribution in [3.8, 4) is 11.5 Å². The number of phenols is 1. The average Bonchev–Trinajstić information content (AvgIpc) is 2.74. The Bertz CT molecular complexity index is 700. The molecule has 1 saturated heterocycles. The van der Waals surface area contributed by atoms with Crippen molar-refractivity contribution in [2.45, 2.75) is 6.92 Å². The molecule has 0 aliphatic carbocycles. The van der Waals surface area contributed by atoms with Gasteiger partial charge in [0.25, 0.3) is 11.1 Å². The van der Waals surface area contributed by atoms with Gasteiger partial charge in [0.15, 0.2) is 5.75 Å². The molecule has 22 heavy (non-hydrogen) atoms. The second-order valence-corrected chi connectivity index (χ2v) is 5.27. The van der Waals surface area contributed by atoms with Crippen LogP contribution in [0.4, 0.5) is 10.5 Å². The molecule has 0 unspecified atom stereocenters. The second-order valence-electron chi connectivity index (χ2n) is 4.27. The molecule has 1 fully saturated rings. The molecule has 116 valence electrons. The molecular weight excluding hydrogens is 312 g/mol. The van der Waals surface area contributed by atoms with Gasteiger partial charge in [-0.1, -0.05) is 0 Å². The third-order valence-corrected chi connectivity index (χ3v) is 3.89. The lowest BCUT2D eigenvalue weighted by molar-refractivity contribution is -0.386. The lowest BCUT2D eigenvalue weighted by atomic mass is 10.1. The van der Waals surface area contributed by atoms with Crippen LogP contribution in [0.2, 0.25) is 0 Å². The number of ether oxygens (including phenoxy) is 1. The monoisotopic (exact) mass is 324 g/mol. The summed E-state index contributed by atoms with van der Waals surface area (Å²) >= 11 is 0.758. The maximum atomic E-state index is 12.0. The van der Waals surface area contributed by atoms with Crippen LogP contribution in [-0.4, -0.2) is 39.7 Å². The Morgan fingerprint density at radius 3 is 2.64 bits per heavy atom. The van der Waals surface area contributed by atoms with Crippen LogP contribution in [0.25, 0.3) is 6.08 Å². The first-order valence-electron chi connectivity index (χ1n) is 6.19. The normalized spacial score (nSPS) is 16.5. The fourth-order valence-electron chi connectivity index (χ4n) is 1.92. The number of nitrogens with zero attached hydrogens (tertiary/aromatic N) is 2. The maximum absolute atomic E-state index is 12.0. The third-order valence-electron chi connectivity index (χ3n) is 2.98. The Morgan fingerprint density at radius 2 is 2.14 bits per heavy atom. The van der Waals surface area contributed by atoms with E-state index in [1.54, 1.807) is 6.92 Å². The van der Waals surface area contributed by atoms with Gasteiger partial charge in [-0.15, -0.1) is 0 Å². The molecule has 0 radical (unpaired) electrons. The number of amides is 2. The number of aromatic hydroxyl groups is 1. The Balaban J connectivity index is 2.48. The summed E-state index contributed by atoms with van der Waals surface area (Å²) in [6.45, 7) is 1.93. The van der Waals surface area contributed by atoms with Crippen molar-refractivity contribution in [2.75, 3.05) is 13.7 Å². The topological polar surface area (TPSA) is 110 Å². The molecule has 1 aromatic carbocycles. The van der Waals surface area contributed by atoms with E-state index >= 15 is 0 Å². The lowest BCUT2D eigenvalue weighted by Crippen LogP contribution is -2.27. The number of benzene rings is 1. The number of likely N-dealkylation sites (N-methyl/N-ethyl adjacent to an activating group) is 1. The number of carbonyl (C=O) groups is 2. The van der Waals surface area contributed by atoms with Gasteiger partial charge in [-0.25, -0.2) is 0 Å². The molecule has 8 nitrogen and oxygen atoms in total. The van der Waals surface area contributed by atoms with Crippen molar-refractivity contribution in [3.63, 3.8) is 0 Å². The quantitative estimate of drug-likeness (QED) is 0.514. The molecule has 1 N–H and O–H groups in total. The van der Waals surface area contributed by atoms with Gasteiger partial charge >= 0.3 is 5.69 Å². The van der Waals surface area contributed by atoms with E-state index in [0.717, 1.165) is 22.7 Å². The fourth-order valence-corrected chi connectivity index (χ4v) is 2.82. The number of rotatable bonds is 4. The van der Waals surface area contributed by atoms with E-state index in [1.165, 1.54) is 19.3 Å². The van der Waals surface area contributed by atoms with Crippen molar-refractivity contribution >= 4 is 34.7 Å². The van der Waals surface area contributed by atoms with Gasteiger partial charge in [-0.2, -0.15) is 0 Å². The molecule has 0 atom stereocenters. The summed E-state index contributed by atoms with van der Waals surface area (Å²) in [5.41, 5.74) is -0.261. The Labute approximate surface area is 129 Å². The molecule has 9 heteroatoms. The minimum atomic E-state index is -0.757. The molecule has 0 spiro atoms. The number of carbonyl (C=O) groups excluding carboxylic acids is 2. The van der Waals surface area contributed by atoms with E-state index in [-0.39, 0.29) is 28.0 Å². The lowest BCUT2D eigenvalue weighted by Gasteiger charge is -2.07. The molecule has 2 amide bonds. The van der Waals surface area contributed by atoms with Crippen molar-refractivity contribution in [1.29, 1.82) is 0 Å². The zero-order valence-electron chi connectivity index (χ0n) is 11.7. The number of imide groups is 1. The van der Waals surface area contributed by atoms with Gasteiger partial charge in [-0.3, -0.25) is 24.6 Å². The zero-order valence-corrected chi connectivity index (χ0v) is 12.5. The van der Waals surface area contributed by atoms with Crippen LogP contribution in [0.3, 0.4) is 0 Å². The van der Waals surface area contributed by atoms with Gasteiger partial charge in [0.1, 0.15) is 0 Å². The smallest absolute Gasteiger partial charge is 0.315 e. The zero-order chi connectivity index (χ0) is 16.4. The number of phenolic OH excluding ortho intramolecular Hbond substituents is 1. The second kappa shape index (κ2) is 6.06. The van der Waals surface area contributed by atoms with Crippen molar-refractivity contribution in [3.05, 3.63) is 32.7 Å². The summed E-state index contributed by atoms with van der Waals surface area (Å²) in [6, 6.07) is 2.46. The third kappa shape index (κ3) is 2.75. The molecule has 1 aliphatic rings. The van der Waals surface area contributed by atoms with Crippen molar-refractivity contribution in [2.24, 2.45) is 0 Å². The van der Waals surface area contributed by atoms with Crippen LogP contribution in [0.5, 0.6) is 11.5 Å². The van der Waals surface area contributed by atoms with E-state index in [1.807, 2.05) is 0 Å². The summed E-state index contributed by atoms with van der Waals surface area (Å²) in [5.74, 6) is -1.13. The summed E-state index contributed by atoms with van der Waals surface area (Å²) in [4.78, 5) is 35.0. The number of thioether (sulfide) groups is 1. The predicted octanol–water partition coefficient (Wildman–Crippen LogP) is 2.37. The molecule has 0 aromatic heterocycles. The summed E-state index contributed by atoms with van der Waals surface area (Å²) in [5, 5.41) is 20.2. The number of nitro benzene ring substituents is 1. The summed E-state index contributed by atoms with van der Waals surface area (Å²) in [7, 11) is 1.26. The first-order valence-corrected chi connectivity index (χ1v) is 7.01. The molecule has 1 aliphatic heterocycles. The maximum Gasteiger partial charge on any atom is 0.315 e. The van der Waals surface area contributed by atoms with Crippen LogP contribution in [0.15, 0.2) is 17.0 Å². The minimum Gasteiger partial charge on any atom is -0.500 e. The highest BCUT2D eigenvalue weighted by atomic mass is 32.2. The van der Waals surface area contributed by atoms with Crippen LogP contribution < -0.4 is 4.74 Å². The average molecular weight is 324 g/mol. The Hall–Kier alpha value is -2.55. The molecule has 0 saturated carbocycles. The van der Waals surface area contributed by atoms with E-state index in [2.05, 4.69) is 0 Å². The van der Waals surface area contributed by atoms with Gasteiger partial charge in [0.2, 0.25) is 5.75 Å². The van der Waals surface area contributed by atoms with E-state index < -0.39 is 22.3 Å². The number of hydrogen-bond donors (Lipinski definition) is 1. The van der Waals surface area contributed by atoms with Crippen molar-refractivity contribution in [1.82, 2.24) is 4.90 Å². The van der Waals surface area contributed by atoms with Gasteiger partial charge in [0.05, 0.1) is 16.9 Å².